The number of oxazole rings is 1. The molecule has 0 aliphatic rings. The molecule has 1 N–H and O–H groups in total. The standard InChI is InChI=1S/C23H19ClN2O2S/c1-15-6-11-20-21(12-15)28-23(26-20)16-7-9-18(10-8-16)25-22(27)14-29-13-17-4-2-3-5-19(17)24/h2-12H,13-14H2,1H3,(H,25,27). The maximum atomic E-state index is 12.2. The second kappa shape index (κ2) is 8.72. The summed E-state index contributed by atoms with van der Waals surface area (Å²) >= 11 is 7.67. The summed E-state index contributed by atoms with van der Waals surface area (Å²) in [7, 11) is 0. The topological polar surface area (TPSA) is 55.1 Å². The Labute approximate surface area is 178 Å². The van der Waals surface area contributed by atoms with Gasteiger partial charge in [-0.05, 0) is 60.5 Å². The Balaban J connectivity index is 1.35. The summed E-state index contributed by atoms with van der Waals surface area (Å²) in [5.74, 6) is 1.58. The van der Waals surface area contributed by atoms with Gasteiger partial charge in [-0.15, -0.1) is 11.8 Å². The summed E-state index contributed by atoms with van der Waals surface area (Å²) < 4.78 is 5.85. The third kappa shape index (κ3) is 4.81. The minimum Gasteiger partial charge on any atom is -0.436 e. The molecule has 0 saturated heterocycles. The number of rotatable bonds is 6. The largest absolute Gasteiger partial charge is 0.436 e. The van der Waals surface area contributed by atoms with Crippen molar-refractivity contribution in [3.8, 4) is 11.5 Å². The van der Waals surface area contributed by atoms with Gasteiger partial charge in [0.25, 0.3) is 0 Å². The molecule has 4 aromatic rings. The summed E-state index contributed by atoms with van der Waals surface area (Å²) in [6.45, 7) is 2.02. The average Bonchev–Trinajstić information content (AvgIpc) is 3.13. The summed E-state index contributed by atoms with van der Waals surface area (Å²) in [6, 6.07) is 21.1. The van der Waals surface area contributed by atoms with Gasteiger partial charge >= 0.3 is 0 Å². The van der Waals surface area contributed by atoms with Gasteiger partial charge in [0.2, 0.25) is 11.8 Å². The smallest absolute Gasteiger partial charge is 0.234 e. The molecule has 0 bridgehead atoms. The molecule has 0 spiro atoms. The lowest BCUT2D eigenvalue weighted by Gasteiger charge is -2.06. The fraction of sp³-hybridized carbons (Fsp3) is 0.130. The molecular formula is C23H19ClN2O2S. The first kappa shape index (κ1) is 19.6. The first-order valence-electron chi connectivity index (χ1n) is 9.17. The molecule has 3 aromatic carbocycles. The predicted octanol–water partition coefficient (Wildman–Crippen LogP) is 6.33. The van der Waals surface area contributed by atoms with Crippen molar-refractivity contribution in [1.29, 1.82) is 0 Å². The number of amides is 1. The quantitative estimate of drug-likeness (QED) is 0.394. The fourth-order valence-electron chi connectivity index (χ4n) is 2.92. The van der Waals surface area contributed by atoms with Crippen LogP contribution in [0.2, 0.25) is 5.02 Å². The minimum absolute atomic E-state index is 0.0489. The zero-order chi connectivity index (χ0) is 20.2. The van der Waals surface area contributed by atoms with Crippen LogP contribution in [-0.2, 0) is 10.5 Å². The van der Waals surface area contributed by atoms with E-state index in [1.165, 1.54) is 11.8 Å². The molecule has 1 amide bonds. The lowest BCUT2D eigenvalue weighted by Crippen LogP contribution is -2.14. The Morgan fingerprint density at radius 2 is 1.90 bits per heavy atom. The van der Waals surface area contributed by atoms with Crippen molar-refractivity contribution < 1.29 is 9.21 Å². The van der Waals surface area contributed by atoms with Gasteiger partial charge in [0, 0.05) is 22.0 Å². The highest BCUT2D eigenvalue weighted by Gasteiger charge is 2.09. The lowest BCUT2D eigenvalue weighted by atomic mass is 10.2. The van der Waals surface area contributed by atoms with Crippen LogP contribution in [0.25, 0.3) is 22.6 Å². The molecule has 4 nitrogen and oxygen atoms in total. The summed E-state index contributed by atoms with van der Waals surface area (Å²) in [6.07, 6.45) is 0. The van der Waals surface area contributed by atoms with E-state index in [0.717, 1.165) is 38.5 Å². The molecule has 6 heteroatoms. The summed E-state index contributed by atoms with van der Waals surface area (Å²) in [4.78, 5) is 16.7. The van der Waals surface area contributed by atoms with Crippen LogP contribution in [0.15, 0.2) is 71.1 Å². The van der Waals surface area contributed by atoms with Crippen molar-refractivity contribution in [2.24, 2.45) is 0 Å². The molecule has 146 valence electrons. The molecule has 0 aliphatic carbocycles. The molecule has 0 radical (unpaired) electrons. The minimum atomic E-state index is -0.0489. The van der Waals surface area contributed by atoms with Gasteiger partial charge in [0.1, 0.15) is 5.52 Å². The second-order valence-corrected chi connectivity index (χ2v) is 8.09. The molecule has 29 heavy (non-hydrogen) atoms. The van der Waals surface area contributed by atoms with Crippen molar-refractivity contribution in [1.82, 2.24) is 4.98 Å². The zero-order valence-electron chi connectivity index (χ0n) is 15.8. The number of benzene rings is 3. The van der Waals surface area contributed by atoms with E-state index in [1.807, 2.05) is 73.7 Å². The molecule has 0 saturated carbocycles. The number of nitrogens with one attached hydrogen (secondary N) is 1. The van der Waals surface area contributed by atoms with E-state index in [-0.39, 0.29) is 5.91 Å². The molecule has 0 fully saturated rings. The van der Waals surface area contributed by atoms with Crippen LogP contribution in [0.5, 0.6) is 0 Å². The monoisotopic (exact) mass is 422 g/mol. The Hall–Kier alpha value is -2.76. The number of carbonyl (C=O) groups excluding carboxylic acids is 1. The highest BCUT2D eigenvalue weighted by molar-refractivity contribution is 7.99. The molecule has 0 aliphatic heterocycles. The van der Waals surface area contributed by atoms with E-state index in [9.17, 15) is 4.79 Å². The number of aryl methyl sites for hydroxylation is 1. The maximum Gasteiger partial charge on any atom is 0.234 e. The number of thioether (sulfide) groups is 1. The molecular weight excluding hydrogens is 404 g/mol. The van der Waals surface area contributed by atoms with Gasteiger partial charge < -0.3 is 9.73 Å². The Bertz CT molecular complexity index is 1160. The number of aromatic nitrogens is 1. The maximum absolute atomic E-state index is 12.2. The van der Waals surface area contributed by atoms with E-state index in [2.05, 4.69) is 10.3 Å². The third-order valence-corrected chi connectivity index (χ3v) is 5.76. The SMILES string of the molecule is Cc1ccc2nc(-c3ccc(NC(=O)CSCc4ccccc4Cl)cc3)oc2c1. The van der Waals surface area contributed by atoms with Crippen LogP contribution in [0, 0.1) is 6.92 Å². The van der Waals surface area contributed by atoms with Crippen molar-refractivity contribution >= 4 is 46.1 Å². The second-order valence-electron chi connectivity index (χ2n) is 6.70. The number of hydrogen-bond acceptors (Lipinski definition) is 4. The van der Waals surface area contributed by atoms with Crippen LogP contribution < -0.4 is 5.32 Å². The lowest BCUT2D eigenvalue weighted by molar-refractivity contribution is -0.113. The van der Waals surface area contributed by atoms with E-state index >= 15 is 0 Å². The van der Waals surface area contributed by atoms with E-state index in [4.69, 9.17) is 16.0 Å². The van der Waals surface area contributed by atoms with Crippen LogP contribution in [0.1, 0.15) is 11.1 Å². The van der Waals surface area contributed by atoms with Crippen LogP contribution in [0.4, 0.5) is 5.69 Å². The molecule has 1 heterocycles. The molecule has 0 unspecified atom stereocenters. The van der Waals surface area contributed by atoms with Crippen molar-refractivity contribution in [2.75, 3.05) is 11.1 Å². The van der Waals surface area contributed by atoms with Gasteiger partial charge in [0.15, 0.2) is 5.58 Å². The predicted molar refractivity (Wildman–Crippen MR) is 120 cm³/mol. The highest BCUT2D eigenvalue weighted by Crippen LogP contribution is 2.26. The number of hydrogen-bond donors (Lipinski definition) is 1. The number of carbonyl (C=O) groups is 1. The van der Waals surface area contributed by atoms with Gasteiger partial charge in [0.05, 0.1) is 5.75 Å². The van der Waals surface area contributed by atoms with E-state index < -0.39 is 0 Å². The first-order chi connectivity index (χ1) is 14.1. The highest BCUT2D eigenvalue weighted by atomic mass is 35.5. The van der Waals surface area contributed by atoms with Gasteiger partial charge in [-0.2, -0.15) is 0 Å². The molecule has 4 rings (SSSR count). The number of halogens is 1. The number of anilines is 1. The molecule has 1 aromatic heterocycles. The fourth-order valence-corrected chi connectivity index (χ4v) is 4.03. The Morgan fingerprint density at radius 3 is 2.69 bits per heavy atom. The van der Waals surface area contributed by atoms with Gasteiger partial charge in [-0.25, -0.2) is 4.98 Å². The van der Waals surface area contributed by atoms with Gasteiger partial charge in [-0.3, -0.25) is 4.79 Å². The number of nitrogens with zero attached hydrogens (tertiary/aromatic N) is 1. The zero-order valence-corrected chi connectivity index (χ0v) is 17.4. The average molecular weight is 423 g/mol. The summed E-state index contributed by atoms with van der Waals surface area (Å²) in [5, 5.41) is 3.64. The summed E-state index contributed by atoms with van der Waals surface area (Å²) in [5.41, 5.74) is 5.37. The third-order valence-electron chi connectivity index (χ3n) is 4.41. The first-order valence-corrected chi connectivity index (χ1v) is 10.7. The molecule has 0 atom stereocenters. The normalized spacial score (nSPS) is 11.0. The Morgan fingerprint density at radius 1 is 1.10 bits per heavy atom. The van der Waals surface area contributed by atoms with Gasteiger partial charge in [-0.1, -0.05) is 35.9 Å². The number of fused-ring (bicyclic) bond motifs is 1. The van der Waals surface area contributed by atoms with Crippen LogP contribution >= 0.6 is 23.4 Å². The van der Waals surface area contributed by atoms with Crippen molar-refractivity contribution in [3.63, 3.8) is 0 Å². The Kier molecular flexibility index (Phi) is 5.88. The van der Waals surface area contributed by atoms with Crippen molar-refractivity contribution in [2.45, 2.75) is 12.7 Å². The van der Waals surface area contributed by atoms with Crippen LogP contribution in [0.3, 0.4) is 0 Å². The van der Waals surface area contributed by atoms with Crippen molar-refractivity contribution in [3.05, 3.63) is 82.9 Å². The van der Waals surface area contributed by atoms with Crippen LogP contribution in [-0.4, -0.2) is 16.6 Å². The van der Waals surface area contributed by atoms with E-state index in [1.54, 1.807) is 0 Å². The van der Waals surface area contributed by atoms with E-state index in [0.29, 0.717) is 17.4 Å².